The van der Waals surface area contributed by atoms with E-state index in [4.69, 9.17) is 4.74 Å². The summed E-state index contributed by atoms with van der Waals surface area (Å²) in [5.74, 6) is -0.00281. The van der Waals surface area contributed by atoms with Crippen LogP contribution in [0, 0.1) is 0 Å². The van der Waals surface area contributed by atoms with E-state index in [1.807, 2.05) is 6.92 Å². The Morgan fingerprint density at radius 3 is 2.61 bits per heavy atom. The predicted molar refractivity (Wildman–Crippen MR) is 68.3 cm³/mol. The number of likely N-dealkylation sites (tertiary alicyclic amines) is 1. The van der Waals surface area contributed by atoms with Gasteiger partial charge in [-0.05, 0) is 26.2 Å². The minimum Gasteiger partial charge on any atom is -0.382 e. The van der Waals surface area contributed by atoms with Gasteiger partial charge in [-0.2, -0.15) is 0 Å². The average Bonchev–Trinajstić information content (AvgIpc) is 2.89. The SMILES string of the molecule is CCOCCCNC(=O)NCC(=O)N1CCCC1. The molecule has 0 aromatic heterocycles. The molecule has 1 saturated heterocycles. The van der Waals surface area contributed by atoms with Gasteiger partial charge in [-0.25, -0.2) is 4.79 Å². The number of ether oxygens (including phenoxy) is 1. The molecule has 1 heterocycles. The number of nitrogens with one attached hydrogen (secondary N) is 2. The van der Waals surface area contributed by atoms with Crippen LogP contribution in [0.4, 0.5) is 4.79 Å². The second-order valence-electron chi connectivity index (χ2n) is 4.25. The number of carbonyl (C=O) groups is 2. The Labute approximate surface area is 108 Å². The molecule has 0 radical (unpaired) electrons. The van der Waals surface area contributed by atoms with Gasteiger partial charge in [0.25, 0.3) is 0 Å². The van der Waals surface area contributed by atoms with Crippen molar-refractivity contribution in [3.05, 3.63) is 0 Å². The molecule has 2 N–H and O–H groups in total. The Morgan fingerprint density at radius 2 is 1.94 bits per heavy atom. The minimum atomic E-state index is -0.293. The molecule has 3 amide bonds. The highest BCUT2D eigenvalue weighted by atomic mass is 16.5. The minimum absolute atomic E-state index is 0.00281. The molecule has 6 nitrogen and oxygen atoms in total. The van der Waals surface area contributed by atoms with Gasteiger partial charge in [-0.1, -0.05) is 0 Å². The van der Waals surface area contributed by atoms with Crippen molar-refractivity contribution in [3.63, 3.8) is 0 Å². The van der Waals surface area contributed by atoms with Crippen LogP contribution in [0.2, 0.25) is 0 Å². The van der Waals surface area contributed by atoms with Crippen LogP contribution in [0.25, 0.3) is 0 Å². The molecule has 0 aromatic rings. The molecule has 1 aliphatic rings. The first-order chi connectivity index (χ1) is 8.74. The Balaban J connectivity index is 2.00. The third-order valence-corrected chi connectivity index (χ3v) is 2.81. The van der Waals surface area contributed by atoms with Gasteiger partial charge in [0, 0.05) is 32.8 Å². The maximum atomic E-state index is 11.6. The first-order valence-corrected chi connectivity index (χ1v) is 6.61. The zero-order valence-electron chi connectivity index (χ0n) is 11.0. The number of hydrogen-bond donors (Lipinski definition) is 2. The number of carbonyl (C=O) groups excluding carboxylic acids is 2. The van der Waals surface area contributed by atoms with Crippen LogP contribution >= 0.6 is 0 Å². The number of hydrogen-bond acceptors (Lipinski definition) is 3. The average molecular weight is 257 g/mol. The van der Waals surface area contributed by atoms with E-state index in [0.29, 0.717) is 19.8 Å². The van der Waals surface area contributed by atoms with Gasteiger partial charge in [0.05, 0.1) is 6.54 Å². The lowest BCUT2D eigenvalue weighted by Crippen LogP contribution is -2.43. The lowest BCUT2D eigenvalue weighted by Gasteiger charge is -2.15. The van der Waals surface area contributed by atoms with E-state index >= 15 is 0 Å². The summed E-state index contributed by atoms with van der Waals surface area (Å²) in [7, 11) is 0. The van der Waals surface area contributed by atoms with Crippen molar-refractivity contribution in [1.82, 2.24) is 15.5 Å². The van der Waals surface area contributed by atoms with Crippen molar-refractivity contribution in [2.75, 3.05) is 39.4 Å². The molecule has 0 unspecified atom stereocenters. The number of amides is 3. The fourth-order valence-corrected chi connectivity index (χ4v) is 1.82. The predicted octanol–water partition coefficient (Wildman–Crippen LogP) is 0.335. The topological polar surface area (TPSA) is 70.7 Å². The summed E-state index contributed by atoms with van der Waals surface area (Å²) < 4.78 is 5.15. The van der Waals surface area contributed by atoms with E-state index in [9.17, 15) is 9.59 Å². The summed E-state index contributed by atoms with van der Waals surface area (Å²) in [5, 5.41) is 5.25. The van der Waals surface area contributed by atoms with Gasteiger partial charge in [0.1, 0.15) is 0 Å². The molecular weight excluding hydrogens is 234 g/mol. The van der Waals surface area contributed by atoms with Crippen LogP contribution < -0.4 is 10.6 Å². The lowest BCUT2D eigenvalue weighted by molar-refractivity contribution is -0.128. The van der Waals surface area contributed by atoms with E-state index in [1.54, 1.807) is 4.90 Å². The Morgan fingerprint density at radius 1 is 1.22 bits per heavy atom. The fourth-order valence-electron chi connectivity index (χ4n) is 1.82. The zero-order chi connectivity index (χ0) is 13.2. The third kappa shape index (κ3) is 5.86. The molecule has 0 bridgehead atoms. The summed E-state index contributed by atoms with van der Waals surface area (Å²) in [4.78, 5) is 24.8. The normalized spacial score (nSPS) is 14.6. The van der Waals surface area contributed by atoms with Crippen molar-refractivity contribution in [2.45, 2.75) is 26.2 Å². The lowest BCUT2D eigenvalue weighted by atomic mass is 10.4. The van der Waals surface area contributed by atoms with Crippen molar-refractivity contribution >= 4 is 11.9 Å². The van der Waals surface area contributed by atoms with Crippen LogP contribution in [-0.4, -0.2) is 56.2 Å². The van der Waals surface area contributed by atoms with Gasteiger partial charge in [0.2, 0.25) is 5.91 Å². The molecule has 0 saturated carbocycles. The van der Waals surface area contributed by atoms with E-state index < -0.39 is 0 Å². The fraction of sp³-hybridized carbons (Fsp3) is 0.833. The largest absolute Gasteiger partial charge is 0.382 e. The number of rotatable bonds is 7. The molecule has 104 valence electrons. The van der Waals surface area contributed by atoms with Crippen LogP contribution in [0.15, 0.2) is 0 Å². The number of urea groups is 1. The van der Waals surface area contributed by atoms with Crippen molar-refractivity contribution in [1.29, 1.82) is 0 Å². The molecule has 0 spiro atoms. The van der Waals surface area contributed by atoms with E-state index in [-0.39, 0.29) is 18.5 Å². The molecule has 1 rings (SSSR count). The van der Waals surface area contributed by atoms with Crippen molar-refractivity contribution in [2.24, 2.45) is 0 Å². The molecule has 0 aromatic carbocycles. The second kappa shape index (κ2) is 8.74. The highest BCUT2D eigenvalue weighted by molar-refractivity contribution is 5.84. The molecule has 1 aliphatic heterocycles. The summed E-state index contributed by atoms with van der Waals surface area (Å²) in [6.45, 7) is 5.54. The molecule has 18 heavy (non-hydrogen) atoms. The highest BCUT2D eigenvalue weighted by Gasteiger charge is 2.17. The van der Waals surface area contributed by atoms with E-state index in [0.717, 1.165) is 32.4 Å². The second-order valence-corrected chi connectivity index (χ2v) is 4.25. The van der Waals surface area contributed by atoms with Gasteiger partial charge in [-0.3, -0.25) is 4.79 Å². The van der Waals surface area contributed by atoms with Gasteiger partial charge < -0.3 is 20.3 Å². The van der Waals surface area contributed by atoms with Crippen LogP contribution in [-0.2, 0) is 9.53 Å². The maximum absolute atomic E-state index is 11.6. The molecule has 6 heteroatoms. The van der Waals surface area contributed by atoms with Gasteiger partial charge >= 0.3 is 6.03 Å². The third-order valence-electron chi connectivity index (χ3n) is 2.81. The monoisotopic (exact) mass is 257 g/mol. The van der Waals surface area contributed by atoms with Crippen LogP contribution in [0.1, 0.15) is 26.2 Å². The quantitative estimate of drug-likeness (QED) is 0.646. The highest BCUT2D eigenvalue weighted by Crippen LogP contribution is 2.06. The zero-order valence-corrected chi connectivity index (χ0v) is 11.0. The maximum Gasteiger partial charge on any atom is 0.315 e. The van der Waals surface area contributed by atoms with Gasteiger partial charge in [-0.15, -0.1) is 0 Å². The molecule has 0 aliphatic carbocycles. The number of nitrogens with zero attached hydrogens (tertiary/aromatic N) is 1. The van der Waals surface area contributed by atoms with Gasteiger partial charge in [0.15, 0.2) is 0 Å². The van der Waals surface area contributed by atoms with Crippen molar-refractivity contribution in [3.8, 4) is 0 Å². The smallest absolute Gasteiger partial charge is 0.315 e. The Bertz CT molecular complexity index is 265. The first-order valence-electron chi connectivity index (χ1n) is 6.61. The summed E-state index contributed by atoms with van der Waals surface area (Å²) in [5.41, 5.74) is 0. The summed E-state index contributed by atoms with van der Waals surface area (Å²) in [6.07, 6.45) is 2.91. The Hall–Kier alpha value is -1.30. The molecular formula is C12H23N3O3. The van der Waals surface area contributed by atoms with Crippen LogP contribution in [0.5, 0.6) is 0 Å². The summed E-state index contributed by atoms with van der Waals surface area (Å²) >= 11 is 0. The van der Waals surface area contributed by atoms with E-state index in [1.165, 1.54) is 0 Å². The van der Waals surface area contributed by atoms with Crippen molar-refractivity contribution < 1.29 is 14.3 Å². The first kappa shape index (κ1) is 14.8. The molecule has 0 atom stereocenters. The van der Waals surface area contributed by atoms with E-state index in [2.05, 4.69) is 10.6 Å². The Kier molecular flexibility index (Phi) is 7.17. The molecule has 1 fully saturated rings. The summed E-state index contributed by atoms with van der Waals surface area (Å²) in [6, 6.07) is -0.293. The van der Waals surface area contributed by atoms with Crippen LogP contribution in [0.3, 0.4) is 0 Å². The standard InChI is InChI=1S/C12H23N3O3/c1-2-18-9-5-6-13-12(17)14-10-11(16)15-7-3-4-8-15/h2-10H2,1H3,(H2,13,14,17).